The SMILES string of the molecule is C.CCC1=CC(O)CC1=O.CCC1=C[C@@H](O)CC1=O.CCC1=C[C@H](C)CC1=O. The van der Waals surface area contributed by atoms with E-state index >= 15 is 0 Å². The van der Waals surface area contributed by atoms with Gasteiger partial charge in [0.2, 0.25) is 0 Å². The minimum Gasteiger partial charge on any atom is -0.389 e. The Morgan fingerprint density at radius 2 is 1.04 bits per heavy atom. The Labute approximate surface area is 169 Å². The van der Waals surface area contributed by atoms with Crippen LogP contribution in [0.15, 0.2) is 34.9 Å². The van der Waals surface area contributed by atoms with Crippen molar-refractivity contribution < 1.29 is 24.6 Å². The first-order valence-electron chi connectivity index (χ1n) is 9.79. The Balaban J connectivity index is 0.000000384. The fourth-order valence-corrected chi connectivity index (χ4v) is 3.27. The van der Waals surface area contributed by atoms with Crippen molar-refractivity contribution >= 4 is 17.3 Å². The van der Waals surface area contributed by atoms with Crippen LogP contribution >= 0.6 is 0 Å². The number of allylic oxidation sites excluding steroid dienone is 4. The van der Waals surface area contributed by atoms with Crippen molar-refractivity contribution in [3.8, 4) is 0 Å². The van der Waals surface area contributed by atoms with Crippen molar-refractivity contribution in [2.45, 2.75) is 85.9 Å². The monoisotopic (exact) mass is 392 g/mol. The van der Waals surface area contributed by atoms with Crippen molar-refractivity contribution in [2.75, 3.05) is 0 Å². The summed E-state index contributed by atoms with van der Waals surface area (Å²) >= 11 is 0. The van der Waals surface area contributed by atoms with Gasteiger partial charge in [0.1, 0.15) is 0 Å². The predicted octanol–water partition coefficient (Wildman–Crippen LogP) is 3.88. The summed E-state index contributed by atoms with van der Waals surface area (Å²) in [4.78, 5) is 32.5. The molecule has 0 bridgehead atoms. The number of ketones is 3. The molecule has 28 heavy (non-hydrogen) atoms. The minimum atomic E-state index is -0.507. The molecule has 3 aliphatic carbocycles. The Morgan fingerprint density at radius 3 is 1.18 bits per heavy atom. The second-order valence-corrected chi connectivity index (χ2v) is 7.13. The Morgan fingerprint density at radius 1 is 0.714 bits per heavy atom. The van der Waals surface area contributed by atoms with Gasteiger partial charge in [0, 0.05) is 19.3 Å². The van der Waals surface area contributed by atoms with E-state index in [2.05, 4.69) is 13.0 Å². The molecule has 3 rings (SSSR count). The molecular weight excluding hydrogens is 356 g/mol. The number of rotatable bonds is 3. The van der Waals surface area contributed by atoms with Gasteiger partial charge in [-0.3, -0.25) is 14.4 Å². The number of aliphatic hydroxyl groups is 2. The van der Waals surface area contributed by atoms with E-state index in [-0.39, 0.29) is 19.0 Å². The van der Waals surface area contributed by atoms with E-state index in [9.17, 15) is 14.4 Å². The summed E-state index contributed by atoms with van der Waals surface area (Å²) in [6, 6.07) is 0. The average Bonchev–Trinajstić information content (AvgIpc) is 3.24. The molecule has 3 aliphatic rings. The Hall–Kier alpha value is -1.85. The summed E-state index contributed by atoms with van der Waals surface area (Å²) in [5, 5.41) is 17.8. The standard InChI is InChI=1S/C8H12O.2C7H10O2.CH4/c1-3-7-4-6(2)5-8(7)9;2*1-2-5-3-6(8)4-7(5)9;/h4,6H,3,5H2,1-2H3;2*3,6,8H,2,4H2,1H3;1H4/t2*6-;;/m01../s1. The highest BCUT2D eigenvalue weighted by Gasteiger charge is 2.20. The zero-order valence-corrected chi connectivity index (χ0v) is 16.8. The summed E-state index contributed by atoms with van der Waals surface area (Å²) in [5.74, 6) is 1.05. The lowest BCUT2D eigenvalue weighted by Crippen LogP contribution is -2.00. The molecule has 0 aromatic carbocycles. The highest BCUT2D eigenvalue weighted by molar-refractivity contribution is 5.99. The van der Waals surface area contributed by atoms with Crippen LogP contribution in [0, 0.1) is 5.92 Å². The van der Waals surface area contributed by atoms with E-state index in [1.165, 1.54) is 0 Å². The molecular formula is C23H36O5. The lowest BCUT2D eigenvalue weighted by atomic mass is 10.1. The first kappa shape index (κ1) is 26.1. The van der Waals surface area contributed by atoms with E-state index in [1.54, 1.807) is 12.2 Å². The van der Waals surface area contributed by atoms with Crippen LogP contribution in [-0.2, 0) is 14.4 Å². The molecule has 0 saturated carbocycles. The Kier molecular flexibility index (Phi) is 11.7. The van der Waals surface area contributed by atoms with E-state index in [4.69, 9.17) is 10.2 Å². The maximum Gasteiger partial charge on any atom is 0.161 e. The average molecular weight is 393 g/mol. The number of carbonyl (C=O) groups is 3. The third-order valence-electron chi connectivity index (χ3n) is 4.79. The van der Waals surface area contributed by atoms with Crippen LogP contribution in [0.3, 0.4) is 0 Å². The lowest BCUT2D eigenvalue weighted by Gasteiger charge is -1.90. The molecule has 0 fully saturated rings. The fourth-order valence-electron chi connectivity index (χ4n) is 3.27. The van der Waals surface area contributed by atoms with Gasteiger partial charge in [-0.25, -0.2) is 0 Å². The minimum absolute atomic E-state index is 0. The highest BCUT2D eigenvalue weighted by Crippen LogP contribution is 2.21. The third-order valence-corrected chi connectivity index (χ3v) is 4.79. The molecule has 0 aliphatic heterocycles. The highest BCUT2D eigenvalue weighted by atomic mass is 16.3. The van der Waals surface area contributed by atoms with Gasteiger partial charge in [0.05, 0.1) is 12.2 Å². The molecule has 0 spiro atoms. The first-order valence-corrected chi connectivity index (χ1v) is 9.79. The van der Waals surface area contributed by atoms with Gasteiger partial charge >= 0.3 is 0 Å². The van der Waals surface area contributed by atoms with Crippen LogP contribution in [0.25, 0.3) is 0 Å². The predicted molar refractivity (Wildman–Crippen MR) is 112 cm³/mol. The van der Waals surface area contributed by atoms with Gasteiger partial charge in [-0.05, 0) is 54.1 Å². The number of carbonyl (C=O) groups excluding carboxylic acids is 3. The number of hydrogen-bond acceptors (Lipinski definition) is 5. The van der Waals surface area contributed by atoms with Gasteiger partial charge in [0.25, 0.3) is 0 Å². The fraction of sp³-hybridized carbons (Fsp3) is 0.609. The molecule has 0 aromatic rings. The molecule has 1 unspecified atom stereocenters. The van der Waals surface area contributed by atoms with Crippen LogP contribution in [0.5, 0.6) is 0 Å². The van der Waals surface area contributed by atoms with Crippen molar-refractivity contribution in [2.24, 2.45) is 5.92 Å². The molecule has 0 radical (unpaired) electrons. The van der Waals surface area contributed by atoms with Gasteiger partial charge in [-0.15, -0.1) is 0 Å². The Bertz CT molecular complexity index is 564. The normalized spacial score (nSPS) is 25.7. The van der Waals surface area contributed by atoms with Gasteiger partial charge in [-0.1, -0.05) is 41.2 Å². The number of Topliss-reactive ketones (excluding diaryl/α,β-unsaturated/α-hetero) is 3. The number of hydrogen-bond donors (Lipinski definition) is 2. The molecule has 158 valence electrons. The molecule has 0 saturated heterocycles. The van der Waals surface area contributed by atoms with Crippen LogP contribution in [0.2, 0.25) is 0 Å². The van der Waals surface area contributed by atoms with Crippen LogP contribution in [0.4, 0.5) is 0 Å². The zero-order valence-electron chi connectivity index (χ0n) is 16.8. The molecule has 3 atom stereocenters. The smallest absolute Gasteiger partial charge is 0.161 e. The largest absolute Gasteiger partial charge is 0.389 e. The lowest BCUT2D eigenvalue weighted by molar-refractivity contribution is -0.116. The van der Waals surface area contributed by atoms with Crippen LogP contribution in [-0.4, -0.2) is 39.8 Å². The topological polar surface area (TPSA) is 91.7 Å². The second-order valence-electron chi connectivity index (χ2n) is 7.13. The summed E-state index contributed by atoms with van der Waals surface area (Å²) in [5.41, 5.74) is 2.59. The maximum absolute atomic E-state index is 10.9. The van der Waals surface area contributed by atoms with E-state index in [0.29, 0.717) is 24.5 Å². The van der Waals surface area contributed by atoms with Crippen molar-refractivity contribution in [1.82, 2.24) is 0 Å². The van der Waals surface area contributed by atoms with Crippen LogP contribution in [0.1, 0.15) is 73.6 Å². The number of aliphatic hydroxyl groups excluding tert-OH is 2. The summed E-state index contributed by atoms with van der Waals surface area (Å²) in [7, 11) is 0. The van der Waals surface area contributed by atoms with E-state index in [1.807, 2.05) is 20.8 Å². The van der Waals surface area contributed by atoms with Crippen LogP contribution < -0.4 is 0 Å². The van der Waals surface area contributed by atoms with E-state index in [0.717, 1.165) is 42.4 Å². The van der Waals surface area contributed by atoms with Crippen molar-refractivity contribution in [1.29, 1.82) is 0 Å². The van der Waals surface area contributed by atoms with Gasteiger partial charge in [0.15, 0.2) is 17.3 Å². The van der Waals surface area contributed by atoms with Crippen molar-refractivity contribution in [3.05, 3.63) is 34.9 Å². The molecule has 5 heteroatoms. The van der Waals surface area contributed by atoms with Crippen molar-refractivity contribution in [3.63, 3.8) is 0 Å². The summed E-state index contributed by atoms with van der Waals surface area (Å²) in [6.45, 7) is 7.95. The van der Waals surface area contributed by atoms with E-state index < -0.39 is 12.2 Å². The molecule has 2 N–H and O–H groups in total. The summed E-state index contributed by atoms with van der Waals surface area (Å²) < 4.78 is 0. The second kappa shape index (κ2) is 12.6. The third kappa shape index (κ3) is 8.03. The quantitative estimate of drug-likeness (QED) is 0.760. The molecule has 5 nitrogen and oxygen atoms in total. The van der Waals surface area contributed by atoms with Gasteiger partial charge < -0.3 is 10.2 Å². The zero-order chi connectivity index (χ0) is 20.6. The molecule has 0 heterocycles. The summed E-state index contributed by atoms with van der Waals surface area (Å²) in [6.07, 6.45) is 8.08. The maximum atomic E-state index is 10.9. The first-order chi connectivity index (χ1) is 12.7. The van der Waals surface area contributed by atoms with Gasteiger partial charge in [-0.2, -0.15) is 0 Å². The molecule has 0 aromatic heterocycles. The molecule has 0 amide bonds.